The van der Waals surface area contributed by atoms with Gasteiger partial charge in [-0.1, -0.05) is 22.0 Å². The Labute approximate surface area is 172 Å². The van der Waals surface area contributed by atoms with Gasteiger partial charge in [-0.2, -0.15) is 13.2 Å². The van der Waals surface area contributed by atoms with E-state index in [1.165, 1.54) is 12.1 Å². The van der Waals surface area contributed by atoms with Crippen LogP contribution in [0, 0.1) is 6.92 Å². The van der Waals surface area contributed by atoms with Crippen LogP contribution in [-0.4, -0.2) is 30.3 Å². The van der Waals surface area contributed by atoms with Crippen LogP contribution in [0.2, 0.25) is 0 Å². The van der Waals surface area contributed by atoms with E-state index < -0.39 is 23.8 Å². The molecule has 1 heterocycles. The number of carbonyl (C=O) groups excluding carboxylic acids is 1. The highest BCUT2D eigenvalue weighted by Gasteiger charge is 2.30. The number of amides is 1. The van der Waals surface area contributed by atoms with Crippen LogP contribution in [0.1, 0.15) is 21.7 Å². The molecule has 154 valence electrons. The van der Waals surface area contributed by atoms with Crippen LogP contribution in [-0.2, 0) is 6.18 Å². The number of carbonyl (C=O) groups is 1. The number of benzene rings is 2. The summed E-state index contributed by atoms with van der Waals surface area (Å²) in [4.78, 5) is 12.4. The maximum absolute atomic E-state index is 12.7. The number of ether oxygens (including phenoxy) is 1. The number of rotatable bonds is 6. The lowest BCUT2D eigenvalue weighted by Gasteiger charge is -2.14. The number of hydrogen-bond acceptors (Lipinski definition) is 4. The number of aliphatic hydroxyl groups excluding tert-OH is 1. The van der Waals surface area contributed by atoms with Crippen LogP contribution in [0.25, 0.3) is 11.0 Å². The van der Waals surface area contributed by atoms with E-state index in [0.717, 1.165) is 22.0 Å². The Morgan fingerprint density at radius 3 is 2.76 bits per heavy atom. The minimum absolute atomic E-state index is 0.0242. The number of aliphatic hydroxyl groups is 1. The molecule has 9 heteroatoms. The summed E-state index contributed by atoms with van der Waals surface area (Å²) in [5.41, 5.74) is 0.377. The SMILES string of the molecule is Cc1c(C(=O)NCC(O)COc2cccc(C(F)(F)F)c2)oc2ccc(Br)cc12. The number of hydrogen-bond donors (Lipinski definition) is 2. The minimum Gasteiger partial charge on any atom is -0.491 e. The summed E-state index contributed by atoms with van der Waals surface area (Å²) in [7, 11) is 0. The van der Waals surface area contributed by atoms with Crippen LogP contribution < -0.4 is 10.1 Å². The first-order chi connectivity index (χ1) is 13.6. The molecule has 0 saturated heterocycles. The molecule has 1 unspecified atom stereocenters. The van der Waals surface area contributed by atoms with E-state index in [-0.39, 0.29) is 24.7 Å². The lowest BCUT2D eigenvalue weighted by Crippen LogP contribution is -2.35. The molecule has 0 spiro atoms. The zero-order valence-electron chi connectivity index (χ0n) is 15.2. The summed E-state index contributed by atoms with van der Waals surface area (Å²) >= 11 is 3.36. The van der Waals surface area contributed by atoms with Gasteiger partial charge in [-0.05, 0) is 43.3 Å². The molecule has 3 rings (SSSR count). The average molecular weight is 472 g/mol. The fraction of sp³-hybridized carbons (Fsp3) is 0.250. The fourth-order valence-corrected chi connectivity index (χ4v) is 3.08. The largest absolute Gasteiger partial charge is 0.491 e. The quantitative estimate of drug-likeness (QED) is 0.546. The molecule has 1 aromatic heterocycles. The summed E-state index contributed by atoms with van der Waals surface area (Å²) in [5, 5.41) is 13.3. The molecule has 5 nitrogen and oxygen atoms in total. The van der Waals surface area contributed by atoms with Crippen molar-refractivity contribution in [2.45, 2.75) is 19.2 Å². The molecule has 1 amide bonds. The summed E-state index contributed by atoms with van der Waals surface area (Å²) in [5.74, 6) is -0.402. The number of aryl methyl sites for hydroxylation is 1. The van der Waals surface area contributed by atoms with Crippen LogP contribution in [0.5, 0.6) is 5.75 Å². The average Bonchev–Trinajstić information content (AvgIpc) is 3.00. The molecule has 0 aliphatic carbocycles. The molecule has 0 aliphatic heterocycles. The molecule has 2 N–H and O–H groups in total. The summed E-state index contributed by atoms with van der Waals surface area (Å²) < 4.78 is 49.7. The van der Waals surface area contributed by atoms with Crippen molar-refractivity contribution in [2.75, 3.05) is 13.2 Å². The zero-order valence-corrected chi connectivity index (χ0v) is 16.8. The van der Waals surface area contributed by atoms with Crippen molar-refractivity contribution in [1.82, 2.24) is 5.32 Å². The predicted molar refractivity (Wildman–Crippen MR) is 104 cm³/mol. The van der Waals surface area contributed by atoms with Gasteiger partial charge in [-0.15, -0.1) is 0 Å². The Morgan fingerprint density at radius 2 is 2.03 bits per heavy atom. The third-order valence-corrected chi connectivity index (χ3v) is 4.70. The Bertz CT molecular complexity index is 1030. The van der Waals surface area contributed by atoms with Gasteiger partial charge in [0.25, 0.3) is 5.91 Å². The zero-order chi connectivity index (χ0) is 21.2. The van der Waals surface area contributed by atoms with E-state index >= 15 is 0 Å². The van der Waals surface area contributed by atoms with E-state index in [2.05, 4.69) is 21.2 Å². The van der Waals surface area contributed by atoms with Gasteiger partial charge in [0.05, 0.1) is 5.56 Å². The topological polar surface area (TPSA) is 71.7 Å². The maximum Gasteiger partial charge on any atom is 0.416 e. The second-order valence-corrected chi connectivity index (χ2v) is 7.31. The number of nitrogens with one attached hydrogen (secondary N) is 1. The molecule has 0 radical (unpaired) electrons. The van der Waals surface area contributed by atoms with Gasteiger partial charge in [-0.25, -0.2) is 0 Å². The number of fused-ring (bicyclic) bond motifs is 1. The van der Waals surface area contributed by atoms with Crippen LogP contribution in [0.3, 0.4) is 0 Å². The van der Waals surface area contributed by atoms with Gasteiger partial charge in [0.1, 0.15) is 24.0 Å². The highest BCUT2D eigenvalue weighted by Crippen LogP contribution is 2.31. The molecule has 0 aliphatic rings. The Morgan fingerprint density at radius 1 is 1.28 bits per heavy atom. The normalized spacial score (nSPS) is 12.8. The van der Waals surface area contributed by atoms with Gasteiger partial charge in [0.2, 0.25) is 0 Å². The monoisotopic (exact) mass is 471 g/mol. The van der Waals surface area contributed by atoms with Gasteiger partial charge in [0.15, 0.2) is 5.76 Å². The van der Waals surface area contributed by atoms with Crippen LogP contribution >= 0.6 is 15.9 Å². The maximum atomic E-state index is 12.7. The summed E-state index contributed by atoms with van der Waals surface area (Å²) in [6.45, 7) is 1.31. The highest BCUT2D eigenvalue weighted by atomic mass is 79.9. The molecule has 2 aromatic carbocycles. The highest BCUT2D eigenvalue weighted by molar-refractivity contribution is 9.10. The Hall–Kier alpha value is -2.52. The summed E-state index contributed by atoms with van der Waals surface area (Å²) in [6, 6.07) is 9.72. The number of furan rings is 1. The first-order valence-electron chi connectivity index (χ1n) is 8.60. The third-order valence-electron chi connectivity index (χ3n) is 4.21. The van der Waals surface area contributed by atoms with Crippen LogP contribution in [0.15, 0.2) is 51.4 Å². The molecule has 3 aromatic rings. The van der Waals surface area contributed by atoms with Gasteiger partial charge >= 0.3 is 6.18 Å². The van der Waals surface area contributed by atoms with Crippen molar-refractivity contribution in [3.63, 3.8) is 0 Å². The van der Waals surface area contributed by atoms with Crippen LogP contribution in [0.4, 0.5) is 13.2 Å². The van der Waals surface area contributed by atoms with E-state index in [0.29, 0.717) is 11.1 Å². The van der Waals surface area contributed by atoms with Gasteiger partial charge in [0, 0.05) is 22.0 Å². The molecule has 1 atom stereocenters. The molecule has 0 fully saturated rings. The van der Waals surface area contributed by atoms with Crippen molar-refractivity contribution >= 4 is 32.8 Å². The molecule has 0 bridgehead atoms. The smallest absolute Gasteiger partial charge is 0.416 e. The summed E-state index contributed by atoms with van der Waals surface area (Å²) in [6.07, 6.45) is -5.60. The van der Waals surface area contributed by atoms with Crippen molar-refractivity contribution in [2.24, 2.45) is 0 Å². The standard InChI is InChI=1S/C20H17BrF3NO4/c1-11-16-8-13(21)5-6-17(16)29-18(11)19(27)25-9-14(26)10-28-15-4-2-3-12(7-15)20(22,23)24/h2-8,14,26H,9-10H2,1H3,(H,25,27). The van der Waals surface area contributed by atoms with E-state index in [9.17, 15) is 23.1 Å². The van der Waals surface area contributed by atoms with E-state index in [4.69, 9.17) is 9.15 Å². The van der Waals surface area contributed by atoms with Crippen molar-refractivity contribution < 1.29 is 32.2 Å². The van der Waals surface area contributed by atoms with E-state index in [1.54, 1.807) is 19.1 Å². The Kier molecular flexibility index (Phi) is 6.18. The first kappa shape index (κ1) is 21.2. The molecular formula is C20H17BrF3NO4. The molecule has 0 saturated carbocycles. The van der Waals surface area contributed by atoms with Gasteiger partial charge in [-0.3, -0.25) is 4.79 Å². The third kappa shape index (κ3) is 5.10. The predicted octanol–water partition coefficient (Wildman–Crippen LogP) is 4.69. The Balaban J connectivity index is 1.56. The minimum atomic E-state index is -4.48. The lowest BCUT2D eigenvalue weighted by atomic mass is 10.1. The van der Waals surface area contributed by atoms with E-state index in [1.807, 2.05) is 6.07 Å². The van der Waals surface area contributed by atoms with Crippen molar-refractivity contribution in [1.29, 1.82) is 0 Å². The second-order valence-electron chi connectivity index (χ2n) is 6.40. The first-order valence-corrected chi connectivity index (χ1v) is 9.39. The lowest BCUT2D eigenvalue weighted by molar-refractivity contribution is -0.137. The van der Waals surface area contributed by atoms with Gasteiger partial charge < -0.3 is 19.6 Å². The fourth-order valence-electron chi connectivity index (χ4n) is 2.71. The molecular weight excluding hydrogens is 455 g/mol. The second kappa shape index (κ2) is 8.46. The van der Waals surface area contributed by atoms with Crippen molar-refractivity contribution in [3.05, 3.63) is 63.8 Å². The molecule has 29 heavy (non-hydrogen) atoms. The number of halogens is 4. The number of alkyl halides is 3. The van der Waals surface area contributed by atoms with Crippen molar-refractivity contribution in [3.8, 4) is 5.75 Å².